The lowest BCUT2D eigenvalue weighted by Crippen LogP contribution is -2.19. The van der Waals surface area contributed by atoms with Crippen LogP contribution in [-0.2, 0) is 0 Å². The summed E-state index contributed by atoms with van der Waals surface area (Å²) in [6, 6.07) is 6.37. The predicted molar refractivity (Wildman–Crippen MR) is 81.0 cm³/mol. The highest BCUT2D eigenvalue weighted by atomic mass is 35.5. The minimum absolute atomic E-state index is 0.285. The van der Waals surface area contributed by atoms with Crippen LogP contribution in [0, 0.1) is 0 Å². The summed E-state index contributed by atoms with van der Waals surface area (Å²) in [5.74, 6) is 0.906. The fourth-order valence-electron chi connectivity index (χ4n) is 2.60. The maximum Gasteiger partial charge on any atom is 0.121 e. The van der Waals surface area contributed by atoms with Gasteiger partial charge in [0.15, 0.2) is 0 Å². The second kappa shape index (κ2) is 7.16. The molecule has 106 valence electrons. The smallest absolute Gasteiger partial charge is 0.121 e. The number of hydrogen-bond donors (Lipinski definition) is 1. The summed E-state index contributed by atoms with van der Waals surface area (Å²) in [7, 11) is 0. The zero-order chi connectivity index (χ0) is 13.7. The average Bonchev–Trinajstić information content (AvgIpc) is 2.89. The number of hydrogen-bond acceptors (Lipinski definition) is 2. The van der Waals surface area contributed by atoms with E-state index in [0.717, 1.165) is 29.3 Å². The maximum absolute atomic E-state index is 6.37. The van der Waals surface area contributed by atoms with Crippen LogP contribution in [0.3, 0.4) is 0 Å². The Morgan fingerprint density at radius 2 is 2.11 bits per heavy atom. The first-order chi connectivity index (χ1) is 9.20. The normalized spacial score (nSPS) is 17.6. The van der Waals surface area contributed by atoms with Crippen LogP contribution in [0.2, 0.25) is 5.02 Å². The average molecular weight is 282 g/mol. The van der Waals surface area contributed by atoms with Crippen molar-refractivity contribution in [1.82, 2.24) is 5.32 Å². The summed E-state index contributed by atoms with van der Waals surface area (Å²) in [5, 5.41) is 4.25. The Labute approximate surface area is 121 Å². The lowest BCUT2D eigenvalue weighted by Gasteiger charge is -2.18. The molecule has 3 heteroatoms. The number of halogens is 1. The third kappa shape index (κ3) is 4.12. The molecule has 0 heterocycles. The van der Waals surface area contributed by atoms with Crippen LogP contribution >= 0.6 is 11.6 Å². The molecule has 1 saturated carbocycles. The van der Waals surface area contributed by atoms with Gasteiger partial charge in [-0.3, -0.25) is 0 Å². The van der Waals surface area contributed by atoms with Gasteiger partial charge in [0, 0.05) is 11.1 Å². The van der Waals surface area contributed by atoms with Gasteiger partial charge in [0.2, 0.25) is 0 Å². The number of rotatable bonds is 6. The predicted octanol–water partition coefficient (Wildman–Crippen LogP) is 4.72. The molecule has 0 aromatic heterocycles. The van der Waals surface area contributed by atoms with E-state index in [1.807, 2.05) is 12.1 Å². The number of ether oxygens (including phenoxy) is 1. The summed E-state index contributed by atoms with van der Waals surface area (Å²) in [5.41, 5.74) is 1.15. The molecule has 0 spiro atoms. The Kier molecular flexibility index (Phi) is 5.53. The summed E-state index contributed by atoms with van der Waals surface area (Å²) in [6.45, 7) is 5.33. The van der Waals surface area contributed by atoms with Crippen molar-refractivity contribution in [3.63, 3.8) is 0 Å². The standard InChI is InChI=1S/C16H24ClNO/c1-3-10-18-12(2)15-9-8-14(11-16(15)17)19-13-6-4-5-7-13/h8-9,11-13,18H,3-7,10H2,1-2H3. The molecule has 1 aliphatic rings. The molecule has 0 bridgehead atoms. The molecule has 0 radical (unpaired) electrons. The van der Waals surface area contributed by atoms with Gasteiger partial charge >= 0.3 is 0 Å². The number of nitrogens with one attached hydrogen (secondary N) is 1. The first kappa shape index (κ1) is 14.7. The first-order valence-corrected chi connectivity index (χ1v) is 7.78. The molecule has 0 amide bonds. The van der Waals surface area contributed by atoms with Crippen molar-refractivity contribution in [3.05, 3.63) is 28.8 Å². The van der Waals surface area contributed by atoms with Crippen LogP contribution in [0.5, 0.6) is 5.75 Å². The molecule has 2 nitrogen and oxygen atoms in total. The van der Waals surface area contributed by atoms with Crippen LogP contribution in [-0.4, -0.2) is 12.6 Å². The summed E-state index contributed by atoms with van der Waals surface area (Å²) in [4.78, 5) is 0. The topological polar surface area (TPSA) is 21.3 Å². The van der Waals surface area contributed by atoms with Crippen molar-refractivity contribution in [2.45, 2.75) is 58.1 Å². The van der Waals surface area contributed by atoms with E-state index in [-0.39, 0.29) is 6.04 Å². The molecule has 2 rings (SSSR count). The molecule has 1 atom stereocenters. The third-order valence-electron chi connectivity index (χ3n) is 3.74. The monoisotopic (exact) mass is 281 g/mol. The quantitative estimate of drug-likeness (QED) is 0.814. The van der Waals surface area contributed by atoms with Gasteiger partial charge in [-0.2, -0.15) is 0 Å². The zero-order valence-corrected chi connectivity index (χ0v) is 12.7. The van der Waals surface area contributed by atoms with E-state index in [4.69, 9.17) is 16.3 Å². The maximum atomic E-state index is 6.37. The van der Waals surface area contributed by atoms with E-state index in [0.29, 0.717) is 6.10 Å². The van der Waals surface area contributed by atoms with Gasteiger partial charge in [-0.15, -0.1) is 0 Å². The Hall–Kier alpha value is -0.730. The second-order valence-corrected chi connectivity index (χ2v) is 5.79. The van der Waals surface area contributed by atoms with Crippen LogP contribution in [0.25, 0.3) is 0 Å². The van der Waals surface area contributed by atoms with Crippen LogP contribution in [0.1, 0.15) is 57.6 Å². The van der Waals surface area contributed by atoms with Gasteiger partial charge in [0.05, 0.1) is 6.10 Å². The van der Waals surface area contributed by atoms with Gasteiger partial charge < -0.3 is 10.1 Å². The van der Waals surface area contributed by atoms with Crippen LogP contribution < -0.4 is 10.1 Å². The largest absolute Gasteiger partial charge is 0.490 e. The highest BCUT2D eigenvalue weighted by Gasteiger charge is 2.17. The molecular formula is C16H24ClNO. The van der Waals surface area contributed by atoms with E-state index in [2.05, 4.69) is 25.2 Å². The first-order valence-electron chi connectivity index (χ1n) is 7.40. The van der Waals surface area contributed by atoms with Crippen LogP contribution in [0.15, 0.2) is 18.2 Å². The van der Waals surface area contributed by atoms with Crippen molar-refractivity contribution in [2.75, 3.05) is 6.54 Å². The highest BCUT2D eigenvalue weighted by Crippen LogP contribution is 2.30. The van der Waals surface area contributed by atoms with Gasteiger partial charge in [0.25, 0.3) is 0 Å². The minimum atomic E-state index is 0.285. The Bertz CT molecular complexity index is 402. The Balaban J connectivity index is 1.99. The van der Waals surface area contributed by atoms with Crippen molar-refractivity contribution in [2.24, 2.45) is 0 Å². The van der Waals surface area contributed by atoms with Gasteiger partial charge in [-0.05, 0) is 63.3 Å². The molecule has 1 aromatic carbocycles. The molecular weight excluding hydrogens is 258 g/mol. The van der Waals surface area contributed by atoms with E-state index in [9.17, 15) is 0 Å². The van der Waals surface area contributed by atoms with Gasteiger partial charge in [-0.1, -0.05) is 24.6 Å². The van der Waals surface area contributed by atoms with Crippen LogP contribution in [0.4, 0.5) is 0 Å². The van der Waals surface area contributed by atoms with Crippen molar-refractivity contribution in [3.8, 4) is 5.75 Å². The lowest BCUT2D eigenvalue weighted by molar-refractivity contribution is 0.210. The Morgan fingerprint density at radius 1 is 1.37 bits per heavy atom. The molecule has 1 aliphatic carbocycles. The molecule has 0 aliphatic heterocycles. The van der Waals surface area contributed by atoms with Crippen molar-refractivity contribution < 1.29 is 4.74 Å². The molecule has 1 N–H and O–H groups in total. The summed E-state index contributed by atoms with van der Waals surface area (Å²) >= 11 is 6.37. The van der Waals surface area contributed by atoms with Crippen molar-refractivity contribution >= 4 is 11.6 Å². The van der Waals surface area contributed by atoms with Gasteiger partial charge in [0.1, 0.15) is 5.75 Å². The van der Waals surface area contributed by atoms with Gasteiger partial charge in [-0.25, -0.2) is 0 Å². The Morgan fingerprint density at radius 3 is 2.74 bits per heavy atom. The zero-order valence-electron chi connectivity index (χ0n) is 11.9. The molecule has 1 aromatic rings. The lowest BCUT2D eigenvalue weighted by atomic mass is 10.1. The van der Waals surface area contributed by atoms with E-state index < -0.39 is 0 Å². The molecule has 1 fully saturated rings. The van der Waals surface area contributed by atoms with E-state index >= 15 is 0 Å². The highest BCUT2D eigenvalue weighted by molar-refractivity contribution is 6.31. The molecule has 0 saturated heterocycles. The fraction of sp³-hybridized carbons (Fsp3) is 0.625. The number of benzene rings is 1. The second-order valence-electron chi connectivity index (χ2n) is 5.38. The third-order valence-corrected chi connectivity index (χ3v) is 4.07. The van der Waals surface area contributed by atoms with E-state index in [1.165, 1.54) is 25.7 Å². The molecule has 1 unspecified atom stereocenters. The van der Waals surface area contributed by atoms with E-state index in [1.54, 1.807) is 0 Å². The SMILES string of the molecule is CCCNC(C)c1ccc(OC2CCCC2)cc1Cl. The fourth-order valence-corrected chi connectivity index (χ4v) is 2.94. The summed E-state index contributed by atoms with van der Waals surface area (Å²) < 4.78 is 5.97. The van der Waals surface area contributed by atoms with Crippen molar-refractivity contribution in [1.29, 1.82) is 0 Å². The minimum Gasteiger partial charge on any atom is -0.490 e. The summed E-state index contributed by atoms with van der Waals surface area (Å²) in [6.07, 6.45) is 6.44. The molecule has 19 heavy (non-hydrogen) atoms.